The number of rotatable bonds is 4. The van der Waals surface area contributed by atoms with Gasteiger partial charge in [-0.05, 0) is 25.1 Å². The van der Waals surface area contributed by atoms with Gasteiger partial charge < -0.3 is 14.5 Å². The number of H-pyrrole nitrogens is 1. The van der Waals surface area contributed by atoms with Crippen LogP contribution in [0.15, 0.2) is 30.0 Å². The second-order valence-corrected chi connectivity index (χ2v) is 4.05. The fourth-order valence-corrected chi connectivity index (χ4v) is 1.88. The van der Waals surface area contributed by atoms with E-state index in [1.54, 1.807) is 20.2 Å². The Morgan fingerprint density at radius 3 is 2.95 bits per heavy atom. The van der Waals surface area contributed by atoms with Gasteiger partial charge in [-0.25, -0.2) is 4.79 Å². The molecule has 102 valence electrons. The minimum absolute atomic E-state index is 0.0245. The Morgan fingerprint density at radius 2 is 2.30 bits per heavy atom. The molecule has 2 rings (SSSR count). The molecular formula is C15H14N2O3. The molecule has 1 N–H and O–H groups in total. The van der Waals surface area contributed by atoms with E-state index in [1.807, 2.05) is 24.3 Å². The highest BCUT2D eigenvalue weighted by molar-refractivity contribution is 6.01. The number of nitrogens with zero attached hydrogens (tertiary/aromatic N) is 1. The molecule has 5 nitrogen and oxygen atoms in total. The monoisotopic (exact) mass is 270 g/mol. The molecule has 2 aromatic rings. The second-order valence-electron chi connectivity index (χ2n) is 4.05. The maximum Gasteiger partial charge on any atom is 0.348 e. The molecule has 0 fully saturated rings. The van der Waals surface area contributed by atoms with Crippen LogP contribution in [0.2, 0.25) is 0 Å². The van der Waals surface area contributed by atoms with Crippen LogP contribution in [0.1, 0.15) is 12.5 Å². The van der Waals surface area contributed by atoms with Gasteiger partial charge in [-0.2, -0.15) is 5.26 Å². The van der Waals surface area contributed by atoms with E-state index in [0.717, 1.165) is 22.2 Å². The quantitative estimate of drug-likeness (QED) is 0.526. The lowest BCUT2D eigenvalue weighted by Crippen LogP contribution is -2.05. The number of methoxy groups -OCH3 is 1. The molecular weight excluding hydrogens is 256 g/mol. The second kappa shape index (κ2) is 5.93. The first-order valence-corrected chi connectivity index (χ1v) is 6.13. The predicted molar refractivity (Wildman–Crippen MR) is 75.1 cm³/mol. The van der Waals surface area contributed by atoms with Crippen LogP contribution in [0, 0.1) is 11.3 Å². The summed E-state index contributed by atoms with van der Waals surface area (Å²) in [6, 6.07) is 7.41. The first-order valence-electron chi connectivity index (χ1n) is 6.13. The van der Waals surface area contributed by atoms with Crippen molar-refractivity contribution in [1.82, 2.24) is 4.98 Å². The molecule has 0 bridgehead atoms. The first kappa shape index (κ1) is 13.7. The SMILES string of the molecule is CCOC(=O)/C(C#N)=C/c1c[nH]c2cc(OC)ccc12. The summed E-state index contributed by atoms with van der Waals surface area (Å²) in [4.78, 5) is 14.7. The fraction of sp³-hybridized carbons (Fsp3) is 0.200. The van der Waals surface area contributed by atoms with Crippen LogP contribution < -0.4 is 4.74 Å². The number of ether oxygens (including phenoxy) is 2. The molecule has 1 heterocycles. The van der Waals surface area contributed by atoms with Gasteiger partial charge in [0.25, 0.3) is 0 Å². The minimum atomic E-state index is -0.613. The third kappa shape index (κ3) is 2.64. The Morgan fingerprint density at radius 1 is 1.50 bits per heavy atom. The number of benzene rings is 1. The number of aromatic nitrogens is 1. The maximum absolute atomic E-state index is 11.6. The summed E-state index contributed by atoms with van der Waals surface area (Å²) >= 11 is 0. The molecule has 0 aliphatic rings. The topological polar surface area (TPSA) is 75.1 Å². The normalized spacial score (nSPS) is 11.2. The largest absolute Gasteiger partial charge is 0.497 e. The zero-order valence-electron chi connectivity index (χ0n) is 11.3. The molecule has 0 aliphatic heterocycles. The number of carbonyl (C=O) groups excluding carboxylic acids is 1. The lowest BCUT2D eigenvalue weighted by Gasteiger charge is -2.00. The number of fused-ring (bicyclic) bond motifs is 1. The lowest BCUT2D eigenvalue weighted by molar-refractivity contribution is -0.137. The van der Waals surface area contributed by atoms with Crippen molar-refractivity contribution >= 4 is 22.9 Å². The van der Waals surface area contributed by atoms with Crippen molar-refractivity contribution in [2.45, 2.75) is 6.92 Å². The Labute approximate surface area is 116 Å². The average Bonchev–Trinajstić information content (AvgIpc) is 2.86. The molecule has 0 radical (unpaired) electrons. The molecule has 0 amide bonds. The van der Waals surface area contributed by atoms with Gasteiger partial charge in [0.1, 0.15) is 17.4 Å². The molecule has 5 heteroatoms. The Kier molecular flexibility index (Phi) is 4.06. The smallest absolute Gasteiger partial charge is 0.348 e. The fourth-order valence-electron chi connectivity index (χ4n) is 1.88. The number of carbonyl (C=O) groups is 1. The van der Waals surface area contributed by atoms with E-state index < -0.39 is 5.97 Å². The lowest BCUT2D eigenvalue weighted by atomic mass is 10.1. The number of esters is 1. The van der Waals surface area contributed by atoms with E-state index in [4.69, 9.17) is 14.7 Å². The standard InChI is InChI=1S/C15H14N2O3/c1-3-20-15(18)10(8-16)6-11-9-17-14-7-12(19-2)4-5-13(11)14/h4-7,9,17H,3H2,1-2H3/b10-6+. The van der Waals surface area contributed by atoms with Crippen molar-refractivity contribution in [3.05, 3.63) is 35.5 Å². The molecule has 0 spiro atoms. The van der Waals surface area contributed by atoms with Crippen LogP contribution in [0.4, 0.5) is 0 Å². The predicted octanol–water partition coefficient (Wildman–Crippen LogP) is 2.65. The van der Waals surface area contributed by atoms with Gasteiger partial charge in [-0.1, -0.05) is 0 Å². The van der Waals surface area contributed by atoms with E-state index in [-0.39, 0.29) is 12.2 Å². The van der Waals surface area contributed by atoms with E-state index in [0.29, 0.717) is 0 Å². The van der Waals surface area contributed by atoms with Crippen LogP contribution >= 0.6 is 0 Å². The van der Waals surface area contributed by atoms with Crippen LogP contribution in [-0.4, -0.2) is 24.7 Å². The maximum atomic E-state index is 11.6. The zero-order valence-corrected chi connectivity index (χ0v) is 11.3. The van der Waals surface area contributed by atoms with E-state index in [1.165, 1.54) is 6.08 Å². The molecule has 1 aromatic carbocycles. The summed E-state index contributed by atoms with van der Waals surface area (Å²) in [6.07, 6.45) is 3.25. The first-order chi connectivity index (χ1) is 9.69. The van der Waals surface area contributed by atoms with Gasteiger partial charge in [0.15, 0.2) is 0 Å². The number of nitrogens with one attached hydrogen (secondary N) is 1. The summed E-state index contributed by atoms with van der Waals surface area (Å²) in [5, 5.41) is 9.93. The van der Waals surface area contributed by atoms with Crippen molar-refractivity contribution in [2.75, 3.05) is 13.7 Å². The van der Waals surface area contributed by atoms with E-state index in [2.05, 4.69) is 4.98 Å². The number of aromatic amines is 1. The molecule has 0 atom stereocenters. The van der Waals surface area contributed by atoms with Crippen LogP contribution in [0.5, 0.6) is 5.75 Å². The number of hydrogen-bond donors (Lipinski definition) is 1. The summed E-state index contributed by atoms with van der Waals surface area (Å²) in [6.45, 7) is 1.94. The minimum Gasteiger partial charge on any atom is -0.497 e. The van der Waals surface area contributed by atoms with Gasteiger partial charge in [0.05, 0.1) is 13.7 Å². The number of nitriles is 1. The highest BCUT2D eigenvalue weighted by Crippen LogP contribution is 2.24. The molecule has 0 aliphatic carbocycles. The summed E-state index contributed by atoms with van der Waals surface area (Å²) in [5.74, 6) is 0.124. The third-order valence-corrected chi connectivity index (χ3v) is 2.84. The average molecular weight is 270 g/mol. The molecule has 0 unspecified atom stereocenters. The van der Waals surface area contributed by atoms with Crippen LogP contribution in [-0.2, 0) is 9.53 Å². The Bertz CT molecular complexity index is 707. The van der Waals surface area contributed by atoms with E-state index in [9.17, 15) is 4.79 Å². The van der Waals surface area contributed by atoms with Gasteiger partial charge in [0.2, 0.25) is 0 Å². The molecule has 0 saturated heterocycles. The highest BCUT2D eigenvalue weighted by Gasteiger charge is 2.11. The number of hydrogen-bond acceptors (Lipinski definition) is 4. The van der Waals surface area contributed by atoms with Crippen molar-refractivity contribution < 1.29 is 14.3 Å². The van der Waals surface area contributed by atoms with Gasteiger partial charge >= 0.3 is 5.97 Å². The van der Waals surface area contributed by atoms with Crippen LogP contribution in [0.3, 0.4) is 0 Å². The summed E-state index contributed by atoms with van der Waals surface area (Å²) < 4.78 is 9.97. The molecule has 1 aromatic heterocycles. The van der Waals surface area contributed by atoms with Crippen molar-refractivity contribution in [1.29, 1.82) is 5.26 Å². The zero-order chi connectivity index (χ0) is 14.5. The Balaban J connectivity index is 2.43. The highest BCUT2D eigenvalue weighted by atomic mass is 16.5. The Hall–Kier alpha value is -2.74. The van der Waals surface area contributed by atoms with E-state index >= 15 is 0 Å². The van der Waals surface area contributed by atoms with Gasteiger partial charge in [0, 0.05) is 28.7 Å². The molecule has 20 heavy (non-hydrogen) atoms. The summed E-state index contributed by atoms with van der Waals surface area (Å²) in [7, 11) is 1.60. The van der Waals surface area contributed by atoms with Gasteiger partial charge in [-0.3, -0.25) is 0 Å². The van der Waals surface area contributed by atoms with Crippen molar-refractivity contribution in [3.63, 3.8) is 0 Å². The van der Waals surface area contributed by atoms with Gasteiger partial charge in [-0.15, -0.1) is 0 Å². The van der Waals surface area contributed by atoms with Crippen LogP contribution in [0.25, 0.3) is 17.0 Å². The third-order valence-electron chi connectivity index (χ3n) is 2.84. The van der Waals surface area contributed by atoms with Crippen molar-refractivity contribution in [3.8, 4) is 11.8 Å². The summed E-state index contributed by atoms with van der Waals surface area (Å²) in [5.41, 5.74) is 1.60. The molecule has 0 saturated carbocycles. The van der Waals surface area contributed by atoms with Crippen molar-refractivity contribution in [2.24, 2.45) is 0 Å².